The summed E-state index contributed by atoms with van der Waals surface area (Å²) in [4.78, 5) is 32.7. The number of ether oxygens (including phenoxy) is 1. The summed E-state index contributed by atoms with van der Waals surface area (Å²) in [5.74, 6) is 0.553. The molecule has 2 aromatic carbocycles. The van der Waals surface area contributed by atoms with Gasteiger partial charge in [-0.25, -0.2) is 8.42 Å². The molecular weight excluding hydrogens is 454 g/mol. The average Bonchev–Trinajstić information content (AvgIpc) is 3.11. The van der Waals surface area contributed by atoms with Crippen LogP contribution in [0.25, 0.3) is 0 Å². The number of hydrogen-bond acceptors (Lipinski definition) is 6. The van der Waals surface area contributed by atoms with E-state index in [-0.39, 0.29) is 34.3 Å². The van der Waals surface area contributed by atoms with Gasteiger partial charge in [-0.3, -0.25) is 19.3 Å². The van der Waals surface area contributed by atoms with Crippen molar-refractivity contribution in [1.29, 1.82) is 0 Å². The van der Waals surface area contributed by atoms with E-state index < -0.39 is 16.1 Å². The molecule has 2 heterocycles. The van der Waals surface area contributed by atoms with E-state index in [0.717, 1.165) is 0 Å². The number of nitrogens with zero attached hydrogens (tertiary/aromatic N) is 2. The third-order valence-electron chi connectivity index (χ3n) is 6.37. The molecule has 1 amide bonds. The van der Waals surface area contributed by atoms with Gasteiger partial charge >= 0.3 is 0 Å². The lowest BCUT2D eigenvalue weighted by Gasteiger charge is -2.33. The standard InChI is InChI=1S/C25H29N3O5S/c1-16(2)22(26-24-20-6-4-5-7-21(20)34(31,32)27-24)25(30)28-14-12-18(13-15-28)23(29)17-8-10-19(33-3)11-9-17/h4-11,16,18,22H,12-15H2,1-3H3,(H,26,27)/t22-/m0/s1. The van der Waals surface area contributed by atoms with Crippen LogP contribution in [0.15, 0.2) is 58.4 Å². The number of piperidine rings is 1. The second-order valence-electron chi connectivity index (χ2n) is 8.96. The molecule has 0 spiro atoms. The number of rotatable bonds is 6. The van der Waals surface area contributed by atoms with Gasteiger partial charge in [0.2, 0.25) is 5.91 Å². The minimum Gasteiger partial charge on any atom is -0.497 e. The van der Waals surface area contributed by atoms with Crippen molar-refractivity contribution in [3.8, 4) is 5.75 Å². The molecular formula is C25H29N3O5S. The molecule has 34 heavy (non-hydrogen) atoms. The van der Waals surface area contributed by atoms with Gasteiger partial charge in [-0.2, -0.15) is 0 Å². The first-order valence-corrected chi connectivity index (χ1v) is 12.9. The Kier molecular flexibility index (Phi) is 6.74. The number of amidine groups is 1. The van der Waals surface area contributed by atoms with Crippen LogP contribution < -0.4 is 9.46 Å². The molecule has 1 fully saturated rings. The number of benzene rings is 2. The lowest BCUT2D eigenvalue weighted by molar-refractivity contribution is -0.134. The molecule has 9 heteroatoms. The Morgan fingerprint density at radius 3 is 2.32 bits per heavy atom. The van der Waals surface area contributed by atoms with Crippen LogP contribution in [0.5, 0.6) is 5.75 Å². The first kappa shape index (κ1) is 23.9. The van der Waals surface area contributed by atoms with Crippen molar-refractivity contribution in [2.75, 3.05) is 20.2 Å². The van der Waals surface area contributed by atoms with Gasteiger partial charge in [0.25, 0.3) is 10.0 Å². The van der Waals surface area contributed by atoms with E-state index in [0.29, 0.717) is 42.8 Å². The zero-order valence-electron chi connectivity index (χ0n) is 19.5. The van der Waals surface area contributed by atoms with Crippen LogP contribution in [-0.2, 0) is 14.8 Å². The van der Waals surface area contributed by atoms with E-state index in [4.69, 9.17) is 4.74 Å². The third kappa shape index (κ3) is 4.70. The van der Waals surface area contributed by atoms with Crippen molar-refractivity contribution in [2.24, 2.45) is 16.8 Å². The predicted molar refractivity (Wildman–Crippen MR) is 129 cm³/mol. The van der Waals surface area contributed by atoms with Crippen LogP contribution in [0.4, 0.5) is 0 Å². The Morgan fingerprint density at radius 2 is 1.71 bits per heavy atom. The van der Waals surface area contributed by atoms with Crippen molar-refractivity contribution in [3.63, 3.8) is 0 Å². The Morgan fingerprint density at radius 1 is 1.06 bits per heavy atom. The number of carbonyl (C=O) groups excluding carboxylic acids is 2. The maximum Gasteiger partial charge on any atom is 0.263 e. The summed E-state index contributed by atoms with van der Waals surface area (Å²) < 4.78 is 32.5. The first-order valence-electron chi connectivity index (χ1n) is 11.4. The highest BCUT2D eigenvalue weighted by atomic mass is 32.2. The van der Waals surface area contributed by atoms with E-state index in [1.54, 1.807) is 54.5 Å². The van der Waals surface area contributed by atoms with Crippen LogP contribution in [0.1, 0.15) is 42.6 Å². The molecule has 0 saturated carbocycles. The summed E-state index contributed by atoms with van der Waals surface area (Å²) in [5, 5.41) is 0. The summed E-state index contributed by atoms with van der Waals surface area (Å²) in [6, 6.07) is 13.0. The average molecular weight is 484 g/mol. The number of amides is 1. The predicted octanol–water partition coefficient (Wildman–Crippen LogP) is 2.88. The minimum absolute atomic E-state index is 0.0763. The van der Waals surface area contributed by atoms with Gasteiger partial charge in [0.05, 0.1) is 12.0 Å². The number of fused-ring (bicyclic) bond motifs is 1. The van der Waals surface area contributed by atoms with E-state index >= 15 is 0 Å². The topological polar surface area (TPSA) is 105 Å². The number of aliphatic imine (C=N–C) groups is 1. The van der Waals surface area contributed by atoms with Crippen LogP contribution in [0.2, 0.25) is 0 Å². The summed E-state index contributed by atoms with van der Waals surface area (Å²) >= 11 is 0. The number of carbonyl (C=O) groups is 2. The van der Waals surface area contributed by atoms with E-state index in [9.17, 15) is 18.0 Å². The van der Waals surface area contributed by atoms with Gasteiger partial charge in [0.15, 0.2) is 5.78 Å². The maximum atomic E-state index is 13.4. The normalized spacial score (nSPS) is 19.5. The van der Waals surface area contributed by atoms with Crippen LogP contribution >= 0.6 is 0 Å². The fourth-order valence-corrected chi connectivity index (χ4v) is 5.64. The molecule has 1 N–H and O–H groups in total. The van der Waals surface area contributed by atoms with Crippen molar-refractivity contribution in [2.45, 2.75) is 37.6 Å². The highest BCUT2D eigenvalue weighted by Gasteiger charge is 2.35. The number of hydrogen-bond donors (Lipinski definition) is 1. The van der Waals surface area contributed by atoms with Gasteiger partial charge in [-0.05, 0) is 55.2 Å². The first-order chi connectivity index (χ1) is 16.2. The lowest BCUT2D eigenvalue weighted by atomic mass is 9.88. The Hall–Kier alpha value is -3.20. The number of nitrogens with one attached hydrogen (secondary N) is 1. The van der Waals surface area contributed by atoms with Gasteiger partial charge in [-0.1, -0.05) is 26.0 Å². The van der Waals surface area contributed by atoms with Gasteiger partial charge in [-0.15, -0.1) is 0 Å². The number of likely N-dealkylation sites (tertiary alicyclic amines) is 1. The van der Waals surface area contributed by atoms with Gasteiger partial charge in [0, 0.05) is 30.1 Å². The smallest absolute Gasteiger partial charge is 0.263 e. The number of Topliss-reactive ketones (excluding diaryl/α,β-unsaturated/α-hetero) is 1. The summed E-state index contributed by atoms with van der Waals surface area (Å²) in [5.41, 5.74) is 1.12. The summed E-state index contributed by atoms with van der Waals surface area (Å²) in [6.45, 7) is 4.70. The van der Waals surface area contributed by atoms with Crippen molar-refractivity contribution in [1.82, 2.24) is 9.62 Å². The van der Waals surface area contributed by atoms with E-state index in [1.165, 1.54) is 6.07 Å². The second-order valence-corrected chi connectivity index (χ2v) is 10.6. The van der Waals surface area contributed by atoms with E-state index in [1.807, 2.05) is 13.8 Å². The highest BCUT2D eigenvalue weighted by molar-refractivity contribution is 7.90. The van der Waals surface area contributed by atoms with E-state index in [2.05, 4.69) is 9.71 Å². The maximum absolute atomic E-state index is 13.4. The number of methoxy groups -OCH3 is 1. The minimum atomic E-state index is -3.68. The molecule has 0 bridgehead atoms. The molecule has 4 rings (SSSR count). The summed E-state index contributed by atoms with van der Waals surface area (Å²) in [6.07, 6.45) is 1.15. The number of sulfonamides is 1. The van der Waals surface area contributed by atoms with Crippen molar-refractivity contribution >= 4 is 27.5 Å². The van der Waals surface area contributed by atoms with Crippen molar-refractivity contribution < 1.29 is 22.7 Å². The van der Waals surface area contributed by atoms with Gasteiger partial charge < -0.3 is 9.64 Å². The monoisotopic (exact) mass is 483 g/mol. The molecule has 0 unspecified atom stereocenters. The van der Waals surface area contributed by atoms with Crippen LogP contribution in [0.3, 0.4) is 0 Å². The Bertz CT molecular complexity index is 1210. The quantitative estimate of drug-likeness (QED) is 0.636. The van der Waals surface area contributed by atoms with Gasteiger partial charge in [0.1, 0.15) is 17.6 Å². The van der Waals surface area contributed by atoms with Crippen LogP contribution in [-0.4, -0.2) is 57.1 Å². The van der Waals surface area contributed by atoms with Crippen LogP contribution in [0, 0.1) is 11.8 Å². The lowest BCUT2D eigenvalue weighted by Crippen LogP contribution is -2.46. The fourth-order valence-electron chi connectivity index (χ4n) is 4.40. The molecule has 1 saturated heterocycles. The molecule has 2 aliphatic heterocycles. The molecule has 0 aromatic heterocycles. The fraction of sp³-hybridized carbons (Fsp3) is 0.400. The third-order valence-corrected chi connectivity index (χ3v) is 7.76. The molecule has 2 aromatic rings. The number of ketones is 1. The largest absolute Gasteiger partial charge is 0.497 e. The molecule has 180 valence electrons. The zero-order valence-corrected chi connectivity index (χ0v) is 20.3. The molecule has 8 nitrogen and oxygen atoms in total. The second kappa shape index (κ2) is 9.58. The SMILES string of the molecule is COc1ccc(C(=O)C2CCN(C(=O)[C@@H](N=C3NS(=O)(=O)c4ccccc43)C(C)C)CC2)cc1. The molecule has 2 aliphatic rings. The Labute approximate surface area is 200 Å². The zero-order chi connectivity index (χ0) is 24.5. The molecule has 0 aliphatic carbocycles. The highest BCUT2D eigenvalue weighted by Crippen LogP contribution is 2.26. The molecule has 1 atom stereocenters. The van der Waals surface area contributed by atoms with Crippen molar-refractivity contribution in [3.05, 3.63) is 59.7 Å². The Balaban J connectivity index is 1.46. The summed E-state index contributed by atoms with van der Waals surface area (Å²) in [7, 11) is -2.09. The molecule has 0 radical (unpaired) electrons.